The van der Waals surface area contributed by atoms with E-state index in [1.807, 2.05) is 25.1 Å². The lowest BCUT2D eigenvalue weighted by Crippen LogP contribution is -2.06. The Morgan fingerprint density at radius 2 is 2.04 bits per heavy atom. The largest absolute Gasteiger partial charge is 0.454 e. The summed E-state index contributed by atoms with van der Waals surface area (Å²) < 4.78 is 15.6. The summed E-state index contributed by atoms with van der Waals surface area (Å²) in [5.41, 5.74) is 1.02. The predicted octanol–water partition coefficient (Wildman–Crippen LogP) is 2.25. The highest BCUT2D eigenvalue weighted by molar-refractivity contribution is 5.51. The molecule has 0 unspecified atom stereocenters. The van der Waals surface area contributed by atoms with E-state index in [4.69, 9.17) is 14.0 Å². The van der Waals surface area contributed by atoms with Gasteiger partial charge in [-0.2, -0.15) is 10.1 Å². The van der Waals surface area contributed by atoms with Crippen LogP contribution in [0.15, 0.2) is 35.0 Å². The van der Waals surface area contributed by atoms with Gasteiger partial charge in [-0.1, -0.05) is 11.2 Å². The first-order valence-electron chi connectivity index (χ1n) is 7.29. The summed E-state index contributed by atoms with van der Waals surface area (Å²) in [4.78, 5) is 4.33. The smallest absolute Gasteiger partial charge is 0.244 e. The summed E-state index contributed by atoms with van der Waals surface area (Å²) >= 11 is 0. The molecule has 0 saturated heterocycles. The molecule has 4 rings (SSSR count). The third-order valence-corrected chi connectivity index (χ3v) is 3.33. The summed E-state index contributed by atoms with van der Waals surface area (Å²) in [6.07, 6.45) is 1.51. The summed E-state index contributed by atoms with van der Waals surface area (Å²) in [5.74, 6) is 3.69. The molecular formula is C15H14N6O3. The first-order chi connectivity index (χ1) is 11.8. The lowest BCUT2D eigenvalue weighted by Gasteiger charge is -2.06. The van der Waals surface area contributed by atoms with E-state index in [1.165, 1.54) is 6.20 Å². The molecule has 122 valence electrons. The van der Waals surface area contributed by atoms with E-state index in [1.54, 1.807) is 6.07 Å². The summed E-state index contributed by atoms with van der Waals surface area (Å²) in [7, 11) is 0. The van der Waals surface area contributed by atoms with Crippen molar-refractivity contribution in [1.29, 1.82) is 0 Å². The molecule has 3 heterocycles. The number of nitrogens with zero attached hydrogens (tertiary/aromatic N) is 4. The lowest BCUT2D eigenvalue weighted by molar-refractivity contribution is 0.174. The molecule has 9 nitrogen and oxygen atoms in total. The molecule has 0 fully saturated rings. The number of hydrogen-bond donors (Lipinski definition) is 2. The van der Waals surface area contributed by atoms with Crippen LogP contribution in [0, 0.1) is 6.92 Å². The number of fused-ring (bicyclic) bond motifs is 1. The molecule has 24 heavy (non-hydrogen) atoms. The Labute approximate surface area is 137 Å². The summed E-state index contributed by atoms with van der Waals surface area (Å²) in [6, 6.07) is 7.52. The zero-order valence-corrected chi connectivity index (χ0v) is 12.8. The molecular weight excluding hydrogens is 312 g/mol. The molecule has 2 N–H and O–H groups in total. The number of nitrogens with one attached hydrogen (secondary N) is 2. The van der Waals surface area contributed by atoms with Crippen molar-refractivity contribution in [2.24, 2.45) is 0 Å². The third kappa shape index (κ3) is 3.05. The Morgan fingerprint density at radius 1 is 1.12 bits per heavy atom. The fourth-order valence-corrected chi connectivity index (χ4v) is 2.23. The molecule has 0 bridgehead atoms. The van der Waals surface area contributed by atoms with E-state index in [9.17, 15) is 0 Å². The van der Waals surface area contributed by atoms with Crippen molar-refractivity contribution in [3.63, 3.8) is 0 Å². The van der Waals surface area contributed by atoms with Gasteiger partial charge in [0.25, 0.3) is 0 Å². The number of hydrogen-bond acceptors (Lipinski definition) is 9. The van der Waals surface area contributed by atoms with Gasteiger partial charge < -0.3 is 24.6 Å². The number of ether oxygens (including phenoxy) is 2. The maximum absolute atomic E-state index is 5.36. The van der Waals surface area contributed by atoms with Crippen molar-refractivity contribution < 1.29 is 14.0 Å². The molecule has 0 saturated carbocycles. The zero-order chi connectivity index (χ0) is 16.4. The quantitative estimate of drug-likeness (QED) is 0.729. The van der Waals surface area contributed by atoms with Gasteiger partial charge in [-0.15, -0.1) is 5.10 Å². The number of aryl methyl sites for hydroxylation is 1. The molecule has 0 amide bonds. The van der Waals surface area contributed by atoms with Gasteiger partial charge in [-0.05, 0) is 24.6 Å². The monoisotopic (exact) mass is 326 g/mol. The minimum Gasteiger partial charge on any atom is -0.454 e. The Morgan fingerprint density at radius 3 is 2.92 bits per heavy atom. The van der Waals surface area contributed by atoms with Crippen molar-refractivity contribution in [3.05, 3.63) is 41.8 Å². The van der Waals surface area contributed by atoms with E-state index >= 15 is 0 Å². The topological polar surface area (TPSA) is 107 Å². The molecule has 3 aromatic rings. The minimum atomic E-state index is 0.258. The van der Waals surface area contributed by atoms with Gasteiger partial charge >= 0.3 is 0 Å². The SMILES string of the molecule is Cc1cc(Nc2cnnc(NCc3ccc4c(c3)OCO4)n2)no1. The highest BCUT2D eigenvalue weighted by Crippen LogP contribution is 2.32. The summed E-state index contributed by atoms with van der Waals surface area (Å²) in [6.45, 7) is 2.61. The van der Waals surface area contributed by atoms with Crippen LogP contribution in [0.5, 0.6) is 11.5 Å². The van der Waals surface area contributed by atoms with Crippen molar-refractivity contribution in [3.8, 4) is 11.5 Å². The highest BCUT2D eigenvalue weighted by Gasteiger charge is 2.13. The van der Waals surface area contributed by atoms with Gasteiger partial charge in [0, 0.05) is 12.6 Å². The maximum atomic E-state index is 5.36. The van der Waals surface area contributed by atoms with Crippen LogP contribution in [0.2, 0.25) is 0 Å². The van der Waals surface area contributed by atoms with Crippen LogP contribution in [-0.4, -0.2) is 27.1 Å². The molecule has 0 radical (unpaired) electrons. The molecule has 9 heteroatoms. The number of aromatic nitrogens is 4. The summed E-state index contributed by atoms with van der Waals surface area (Å²) in [5, 5.41) is 17.8. The predicted molar refractivity (Wildman–Crippen MR) is 84.2 cm³/mol. The van der Waals surface area contributed by atoms with Crippen LogP contribution in [-0.2, 0) is 6.54 Å². The van der Waals surface area contributed by atoms with Gasteiger partial charge in [-0.25, -0.2) is 0 Å². The van der Waals surface area contributed by atoms with E-state index in [0.717, 1.165) is 17.1 Å². The van der Waals surface area contributed by atoms with E-state index < -0.39 is 0 Å². The van der Waals surface area contributed by atoms with Crippen LogP contribution < -0.4 is 20.1 Å². The van der Waals surface area contributed by atoms with E-state index in [2.05, 4.69) is 31.0 Å². The third-order valence-electron chi connectivity index (χ3n) is 3.33. The maximum Gasteiger partial charge on any atom is 0.244 e. The fourth-order valence-electron chi connectivity index (χ4n) is 2.23. The van der Waals surface area contributed by atoms with Crippen LogP contribution in [0.25, 0.3) is 0 Å². The number of anilines is 3. The second-order valence-electron chi connectivity index (χ2n) is 5.15. The number of benzene rings is 1. The lowest BCUT2D eigenvalue weighted by atomic mass is 10.2. The molecule has 0 atom stereocenters. The van der Waals surface area contributed by atoms with Crippen molar-refractivity contribution >= 4 is 17.6 Å². The standard InChI is InChI=1S/C15H14N6O3/c1-9-4-13(21-24-9)18-14-7-17-20-15(19-14)16-6-10-2-3-11-12(5-10)23-8-22-11/h2-5,7H,6,8H2,1H3,(H2,16,18,19,20,21). The molecule has 1 aliphatic heterocycles. The van der Waals surface area contributed by atoms with E-state index in [0.29, 0.717) is 29.9 Å². The Kier molecular flexibility index (Phi) is 3.58. The molecule has 1 aromatic carbocycles. The highest BCUT2D eigenvalue weighted by atomic mass is 16.7. The second-order valence-corrected chi connectivity index (χ2v) is 5.15. The first kappa shape index (κ1) is 14.2. The zero-order valence-electron chi connectivity index (χ0n) is 12.8. The number of rotatable bonds is 5. The van der Waals surface area contributed by atoms with Crippen LogP contribution in [0.3, 0.4) is 0 Å². The second kappa shape index (κ2) is 6.03. The van der Waals surface area contributed by atoms with Crippen LogP contribution in [0.4, 0.5) is 17.6 Å². The van der Waals surface area contributed by atoms with Crippen LogP contribution >= 0.6 is 0 Å². The average Bonchev–Trinajstić information content (AvgIpc) is 3.21. The van der Waals surface area contributed by atoms with Gasteiger partial charge in [0.2, 0.25) is 12.7 Å². The van der Waals surface area contributed by atoms with Gasteiger partial charge in [0.15, 0.2) is 23.1 Å². The molecule has 2 aromatic heterocycles. The van der Waals surface area contributed by atoms with Crippen molar-refractivity contribution in [2.45, 2.75) is 13.5 Å². The van der Waals surface area contributed by atoms with Crippen molar-refractivity contribution in [2.75, 3.05) is 17.4 Å². The fraction of sp³-hybridized carbons (Fsp3) is 0.200. The Bertz CT molecular complexity index is 866. The van der Waals surface area contributed by atoms with Crippen molar-refractivity contribution in [1.82, 2.24) is 20.3 Å². The molecule has 1 aliphatic rings. The Balaban J connectivity index is 1.42. The van der Waals surface area contributed by atoms with Gasteiger partial charge in [0.1, 0.15) is 5.76 Å². The average molecular weight is 326 g/mol. The van der Waals surface area contributed by atoms with E-state index in [-0.39, 0.29) is 6.79 Å². The first-order valence-corrected chi connectivity index (χ1v) is 7.29. The van der Waals surface area contributed by atoms with Gasteiger partial charge in [0.05, 0.1) is 6.20 Å². The Hall–Kier alpha value is -3.36. The minimum absolute atomic E-state index is 0.258. The van der Waals surface area contributed by atoms with Crippen LogP contribution in [0.1, 0.15) is 11.3 Å². The normalized spacial score (nSPS) is 12.2. The molecule has 0 spiro atoms. The molecule has 0 aliphatic carbocycles. The van der Waals surface area contributed by atoms with Gasteiger partial charge in [-0.3, -0.25) is 0 Å².